The molecule has 0 aliphatic rings. The van der Waals surface area contributed by atoms with E-state index >= 15 is 0 Å². The minimum absolute atomic E-state index is 0.187. The van der Waals surface area contributed by atoms with E-state index in [0.717, 1.165) is 16.3 Å². The molecule has 3 aromatic heterocycles. The number of hydrogen-bond acceptors (Lipinski definition) is 4. The lowest BCUT2D eigenvalue weighted by Crippen LogP contribution is -2.40. The number of carbonyl (C=O) groups is 1. The van der Waals surface area contributed by atoms with Gasteiger partial charge < -0.3 is 10.6 Å². The van der Waals surface area contributed by atoms with Crippen LogP contribution >= 0.6 is 11.3 Å². The van der Waals surface area contributed by atoms with Crippen molar-refractivity contribution in [3.8, 4) is 0 Å². The predicted octanol–water partition coefficient (Wildman–Crippen LogP) is 3.30. The second-order valence-corrected chi connectivity index (χ2v) is 7.42. The maximum atomic E-state index is 12.3. The molecule has 0 bridgehead atoms. The van der Waals surface area contributed by atoms with E-state index in [9.17, 15) is 4.79 Å². The third-order valence-corrected chi connectivity index (χ3v) is 4.79. The first kappa shape index (κ1) is 16.4. The minimum atomic E-state index is -0.215. The van der Waals surface area contributed by atoms with Crippen molar-refractivity contribution in [2.45, 2.75) is 33.4 Å². The average molecular weight is 343 g/mol. The zero-order valence-corrected chi connectivity index (χ0v) is 14.8. The number of hydrogen-bond donors (Lipinski definition) is 2. The number of aromatic nitrogens is 3. The van der Waals surface area contributed by atoms with Gasteiger partial charge in [-0.05, 0) is 37.1 Å². The van der Waals surface area contributed by atoms with Crippen LogP contribution in [0, 0.1) is 12.8 Å². The van der Waals surface area contributed by atoms with E-state index in [4.69, 9.17) is 0 Å². The number of pyridine rings is 1. The van der Waals surface area contributed by atoms with Crippen molar-refractivity contribution >= 4 is 23.0 Å². The first-order valence-electron chi connectivity index (χ1n) is 7.94. The summed E-state index contributed by atoms with van der Waals surface area (Å²) >= 11 is 1.69. The summed E-state index contributed by atoms with van der Waals surface area (Å²) in [5.41, 5.74) is 0.773. The van der Waals surface area contributed by atoms with Gasteiger partial charge in [-0.2, -0.15) is 0 Å². The Balaban J connectivity index is 1.71. The van der Waals surface area contributed by atoms with Gasteiger partial charge in [0.25, 0.3) is 0 Å². The van der Waals surface area contributed by atoms with Gasteiger partial charge in [-0.1, -0.05) is 19.9 Å². The molecule has 2 amide bonds. The highest BCUT2D eigenvalue weighted by molar-refractivity contribution is 7.11. The molecule has 7 heteroatoms. The molecule has 0 saturated heterocycles. The zero-order valence-electron chi connectivity index (χ0n) is 14.0. The lowest BCUT2D eigenvalue weighted by Gasteiger charge is -2.21. The fraction of sp³-hybridized carbons (Fsp3) is 0.353. The van der Waals surface area contributed by atoms with Crippen LogP contribution in [0.25, 0.3) is 5.65 Å². The SMILES string of the molecule is Cc1ccc(CNC(=O)N[C@@H](c2nnc3ccccn23)C(C)C)s1. The normalized spacial score (nSPS) is 12.5. The molecule has 24 heavy (non-hydrogen) atoms. The van der Waals surface area contributed by atoms with Crippen LogP contribution in [-0.4, -0.2) is 20.6 Å². The third-order valence-electron chi connectivity index (χ3n) is 3.79. The van der Waals surface area contributed by atoms with Gasteiger partial charge >= 0.3 is 6.03 Å². The van der Waals surface area contributed by atoms with Crippen molar-refractivity contribution in [2.24, 2.45) is 5.92 Å². The van der Waals surface area contributed by atoms with Crippen molar-refractivity contribution in [2.75, 3.05) is 0 Å². The van der Waals surface area contributed by atoms with E-state index in [1.54, 1.807) is 11.3 Å². The molecule has 6 nitrogen and oxygen atoms in total. The Kier molecular flexibility index (Phi) is 4.80. The molecule has 3 rings (SSSR count). The number of aryl methyl sites for hydroxylation is 1. The van der Waals surface area contributed by atoms with Gasteiger partial charge in [0.05, 0.1) is 12.6 Å². The lowest BCUT2D eigenvalue weighted by atomic mass is 10.0. The summed E-state index contributed by atoms with van der Waals surface area (Å²) in [4.78, 5) is 14.7. The smallest absolute Gasteiger partial charge is 0.315 e. The summed E-state index contributed by atoms with van der Waals surface area (Å²) in [5.74, 6) is 0.926. The van der Waals surface area contributed by atoms with E-state index in [-0.39, 0.29) is 18.0 Å². The molecule has 126 valence electrons. The van der Waals surface area contributed by atoms with Crippen LogP contribution in [0.2, 0.25) is 0 Å². The Bertz CT molecular complexity index is 838. The highest BCUT2D eigenvalue weighted by atomic mass is 32.1. The maximum Gasteiger partial charge on any atom is 0.315 e. The number of amides is 2. The molecule has 0 unspecified atom stereocenters. The zero-order chi connectivity index (χ0) is 17.1. The van der Waals surface area contributed by atoms with Crippen LogP contribution in [0.5, 0.6) is 0 Å². The molecule has 0 aliphatic carbocycles. The van der Waals surface area contributed by atoms with E-state index in [0.29, 0.717) is 6.54 Å². The van der Waals surface area contributed by atoms with Crippen molar-refractivity contribution in [3.05, 3.63) is 52.1 Å². The molecule has 3 aromatic rings. The fourth-order valence-electron chi connectivity index (χ4n) is 2.54. The Morgan fingerprint density at radius 2 is 2.08 bits per heavy atom. The van der Waals surface area contributed by atoms with Gasteiger partial charge in [-0.3, -0.25) is 4.40 Å². The summed E-state index contributed by atoms with van der Waals surface area (Å²) in [6.07, 6.45) is 1.91. The van der Waals surface area contributed by atoms with Crippen LogP contribution in [0.4, 0.5) is 4.79 Å². The van der Waals surface area contributed by atoms with Gasteiger partial charge in [0.15, 0.2) is 11.5 Å². The van der Waals surface area contributed by atoms with Crippen LogP contribution in [0.15, 0.2) is 36.5 Å². The largest absolute Gasteiger partial charge is 0.333 e. The van der Waals surface area contributed by atoms with E-state index < -0.39 is 0 Å². The van der Waals surface area contributed by atoms with Crippen molar-refractivity contribution in [3.63, 3.8) is 0 Å². The van der Waals surface area contributed by atoms with Crippen LogP contribution < -0.4 is 10.6 Å². The number of urea groups is 1. The number of fused-ring (bicyclic) bond motifs is 1. The molecule has 0 aromatic carbocycles. The molecular weight excluding hydrogens is 322 g/mol. The minimum Gasteiger partial charge on any atom is -0.333 e. The van der Waals surface area contributed by atoms with E-state index in [1.165, 1.54) is 4.88 Å². The van der Waals surface area contributed by atoms with Crippen molar-refractivity contribution in [1.82, 2.24) is 25.2 Å². The summed E-state index contributed by atoms with van der Waals surface area (Å²) in [6, 6.07) is 9.41. The summed E-state index contributed by atoms with van der Waals surface area (Å²) in [6.45, 7) is 6.68. The standard InChI is InChI=1S/C17H21N5OS/c1-11(2)15(16-21-20-14-6-4-5-9-22(14)16)19-17(23)18-10-13-8-7-12(3)24-13/h4-9,11,15H,10H2,1-3H3,(H2,18,19,23)/t15-/m1/s1. The summed E-state index contributed by atoms with van der Waals surface area (Å²) in [7, 11) is 0. The van der Waals surface area contributed by atoms with Gasteiger partial charge in [-0.25, -0.2) is 4.79 Å². The van der Waals surface area contributed by atoms with Gasteiger partial charge in [-0.15, -0.1) is 21.5 Å². The lowest BCUT2D eigenvalue weighted by molar-refractivity contribution is 0.231. The molecule has 0 spiro atoms. The van der Waals surface area contributed by atoms with Crippen LogP contribution in [0.1, 0.15) is 35.5 Å². The molecular formula is C17H21N5OS. The Morgan fingerprint density at radius 3 is 2.79 bits per heavy atom. The van der Waals surface area contributed by atoms with Gasteiger partial charge in [0.2, 0.25) is 0 Å². The van der Waals surface area contributed by atoms with Gasteiger partial charge in [0, 0.05) is 16.0 Å². The number of nitrogens with zero attached hydrogens (tertiary/aromatic N) is 3. The molecule has 0 fully saturated rings. The second-order valence-electron chi connectivity index (χ2n) is 6.05. The molecule has 2 N–H and O–H groups in total. The first-order valence-corrected chi connectivity index (χ1v) is 8.75. The molecule has 0 saturated carbocycles. The summed E-state index contributed by atoms with van der Waals surface area (Å²) in [5, 5.41) is 14.4. The van der Waals surface area contributed by atoms with E-state index in [2.05, 4.69) is 47.7 Å². The van der Waals surface area contributed by atoms with Crippen LogP contribution in [-0.2, 0) is 6.54 Å². The molecule has 3 heterocycles. The highest BCUT2D eigenvalue weighted by Gasteiger charge is 2.23. The quantitative estimate of drug-likeness (QED) is 0.747. The molecule has 0 radical (unpaired) electrons. The predicted molar refractivity (Wildman–Crippen MR) is 95.0 cm³/mol. The maximum absolute atomic E-state index is 12.3. The number of rotatable bonds is 5. The topological polar surface area (TPSA) is 71.3 Å². The Hall–Kier alpha value is -2.41. The monoisotopic (exact) mass is 343 g/mol. The van der Waals surface area contributed by atoms with E-state index in [1.807, 2.05) is 34.9 Å². The Labute approximate surface area is 144 Å². The third kappa shape index (κ3) is 3.56. The molecule has 0 aliphatic heterocycles. The Morgan fingerprint density at radius 1 is 1.25 bits per heavy atom. The fourth-order valence-corrected chi connectivity index (χ4v) is 3.37. The number of thiophene rings is 1. The number of carbonyl (C=O) groups excluding carboxylic acids is 1. The first-order chi connectivity index (χ1) is 11.5. The van der Waals surface area contributed by atoms with Crippen molar-refractivity contribution in [1.29, 1.82) is 0 Å². The summed E-state index contributed by atoms with van der Waals surface area (Å²) < 4.78 is 1.91. The second kappa shape index (κ2) is 7.00. The highest BCUT2D eigenvalue weighted by Crippen LogP contribution is 2.20. The number of nitrogens with one attached hydrogen (secondary N) is 2. The molecule has 1 atom stereocenters. The van der Waals surface area contributed by atoms with Crippen LogP contribution in [0.3, 0.4) is 0 Å². The van der Waals surface area contributed by atoms with Gasteiger partial charge in [0.1, 0.15) is 0 Å². The average Bonchev–Trinajstić information content (AvgIpc) is 3.16. The van der Waals surface area contributed by atoms with Crippen molar-refractivity contribution < 1.29 is 4.79 Å².